The lowest BCUT2D eigenvalue weighted by Crippen LogP contribution is -2.35. The monoisotopic (exact) mass is 315 g/mol. The second-order valence-corrected chi connectivity index (χ2v) is 5.70. The van der Waals surface area contributed by atoms with E-state index in [0.29, 0.717) is 23.7 Å². The molecule has 21 heavy (non-hydrogen) atoms. The summed E-state index contributed by atoms with van der Waals surface area (Å²) in [4.78, 5) is 25.3. The quantitative estimate of drug-likeness (QED) is 0.817. The number of carbonyl (C=O) groups excluding carboxylic acids is 2. The van der Waals surface area contributed by atoms with Crippen molar-refractivity contribution in [2.75, 3.05) is 13.6 Å². The third-order valence-electron chi connectivity index (χ3n) is 3.63. The van der Waals surface area contributed by atoms with Gasteiger partial charge in [0, 0.05) is 38.4 Å². The van der Waals surface area contributed by atoms with Crippen LogP contribution in [0.15, 0.2) is 12.3 Å². The number of hydrogen-bond acceptors (Lipinski definition) is 3. The maximum Gasteiger partial charge on any atom is 0.270 e. The molecule has 0 spiro atoms. The van der Waals surface area contributed by atoms with Crippen LogP contribution in [0.3, 0.4) is 0 Å². The van der Waals surface area contributed by atoms with E-state index in [4.69, 9.17) is 5.73 Å². The van der Waals surface area contributed by atoms with Crippen LogP contribution in [0, 0.1) is 5.92 Å². The summed E-state index contributed by atoms with van der Waals surface area (Å²) in [5.41, 5.74) is 7.07. The minimum Gasteiger partial charge on any atom is -0.346 e. The molecule has 0 aliphatic carbocycles. The van der Waals surface area contributed by atoms with Crippen LogP contribution in [0.1, 0.15) is 48.0 Å². The molecule has 120 valence electrons. The molecule has 1 aromatic rings. The van der Waals surface area contributed by atoms with Gasteiger partial charge < -0.3 is 15.2 Å². The summed E-state index contributed by atoms with van der Waals surface area (Å²) in [5, 5.41) is 0. The average molecular weight is 316 g/mol. The van der Waals surface area contributed by atoms with E-state index in [2.05, 4.69) is 13.8 Å². The van der Waals surface area contributed by atoms with E-state index >= 15 is 0 Å². The Labute approximate surface area is 132 Å². The van der Waals surface area contributed by atoms with Crippen LogP contribution in [-0.2, 0) is 7.05 Å². The van der Waals surface area contributed by atoms with E-state index in [1.165, 1.54) is 6.92 Å². The minimum absolute atomic E-state index is 0. The second kappa shape index (κ2) is 8.20. The molecule has 0 saturated carbocycles. The molecule has 0 radical (unpaired) electrons. The van der Waals surface area contributed by atoms with Gasteiger partial charge in [-0.3, -0.25) is 9.59 Å². The molecule has 1 unspecified atom stereocenters. The molecule has 1 rings (SSSR count). The predicted molar refractivity (Wildman–Crippen MR) is 87.1 cm³/mol. The summed E-state index contributed by atoms with van der Waals surface area (Å²) in [5.74, 6) is 0.276. The van der Waals surface area contributed by atoms with Crippen LogP contribution >= 0.6 is 12.4 Å². The number of hydrogen-bond donors (Lipinski definition) is 1. The summed E-state index contributed by atoms with van der Waals surface area (Å²) in [6.45, 7) is 6.25. The highest BCUT2D eigenvalue weighted by Crippen LogP contribution is 2.11. The smallest absolute Gasteiger partial charge is 0.270 e. The minimum atomic E-state index is -0.0871. The van der Waals surface area contributed by atoms with E-state index in [1.807, 2.05) is 0 Å². The van der Waals surface area contributed by atoms with Crippen molar-refractivity contribution in [2.45, 2.75) is 33.2 Å². The molecule has 1 heterocycles. The van der Waals surface area contributed by atoms with E-state index in [9.17, 15) is 9.59 Å². The third-order valence-corrected chi connectivity index (χ3v) is 3.63. The molecular formula is C15H26ClN3O2. The van der Waals surface area contributed by atoms with Crippen molar-refractivity contribution >= 4 is 24.1 Å². The van der Waals surface area contributed by atoms with Crippen LogP contribution in [0.5, 0.6) is 0 Å². The largest absolute Gasteiger partial charge is 0.346 e. The number of carbonyl (C=O) groups is 2. The maximum atomic E-state index is 12.3. The number of aromatic nitrogens is 1. The van der Waals surface area contributed by atoms with E-state index in [-0.39, 0.29) is 30.1 Å². The SMILES string of the molecule is CC(=O)c1cc(C(=O)N(C)CCC(N)C(C)C)n(C)c1.Cl. The van der Waals surface area contributed by atoms with Gasteiger partial charge in [-0.1, -0.05) is 13.8 Å². The Balaban J connectivity index is 0.00000400. The molecule has 0 bridgehead atoms. The number of nitrogens with zero attached hydrogens (tertiary/aromatic N) is 2. The van der Waals surface area contributed by atoms with Crippen LogP contribution in [0.2, 0.25) is 0 Å². The lowest BCUT2D eigenvalue weighted by Gasteiger charge is -2.21. The first-order chi connectivity index (χ1) is 9.23. The summed E-state index contributed by atoms with van der Waals surface area (Å²) in [7, 11) is 3.53. The van der Waals surface area contributed by atoms with Gasteiger partial charge >= 0.3 is 0 Å². The lowest BCUT2D eigenvalue weighted by atomic mass is 10.0. The highest BCUT2D eigenvalue weighted by molar-refractivity contribution is 5.99. The van der Waals surface area contributed by atoms with Gasteiger partial charge in [0.05, 0.1) is 0 Å². The molecular weight excluding hydrogens is 290 g/mol. The summed E-state index contributed by atoms with van der Waals surface area (Å²) in [6.07, 6.45) is 2.45. The molecule has 0 aliphatic heterocycles. The topological polar surface area (TPSA) is 68.3 Å². The number of amides is 1. The molecule has 5 nitrogen and oxygen atoms in total. The zero-order valence-electron chi connectivity index (χ0n) is 13.4. The van der Waals surface area contributed by atoms with Crippen LogP contribution < -0.4 is 5.73 Å². The Morgan fingerprint density at radius 2 is 1.95 bits per heavy atom. The van der Waals surface area contributed by atoms with E-state index in [1.54, 1.807) is 35.8 Å². The van der Waals surface area contributed by atoms with Gasteiger partial charge in [0.1, 0.15) is 5.69 Å². The van der Waals surface area contributed by atoms with E-state index < -0.39 is 0 Å². The Morgan fingerprint density at radius 3 is 2.38 bits per heavy atom. The Morgan fingerprint density at radius 1 is 1.38 bits per heavy atom. The van der Waals surface area contributed by atoms with Crippen LogP contribution in [0.4, 0.5) is 0 Å². The molecule has 1 aromatic heterocycles. The van der Waals surface area contributed by atoms with Crippen molar-refractivity contribution in [3.05, 3.63) is 23.5 Å². The molecule has 0 fully saturated rings. The first-order valence-electron chi connectivity index (χ1n) is 6.92. The molecule has 0 saturated heterocycles. The highest BCUT2D eigenvalue weighted by atomic mass is 35.5. The van der Waals surface area contributed by atoms with Gasteiger partial charge in [-0.15, -0.1) is 12.4 Å². The molecule has 0 aromatic carbocycles. The summed E-state index contributed by atoms with van der Waals surface area (Å²) in [6, 6.07) is 1.73. The third kappa shape index (κ3) is 5.17. The Bertz CT molecular complexity index is 497. The zero-order valence-corrected chi connectivity index (χ0v) is 14.2. The number of rotatable bonds is 6. The van der Waals surface area contributed by atoms with Crippen molar-refractivity contribution in [2.24, 2.45) is 18.7 Å². The van der Waals surface area contributed by atoms with Crippen molar-refractivity contribution in [1.82, 2.24) is 9.47 Å². The van der Waals surface area contributed by atoms with Gasteiger partial charge in [0.15, 0.2) is 5.78 Å². The predicted octanol–water partition coefficient (Wildman–Crippen LogP) is 2.09. The van der Waals surface area contributed by atoms with Gasteiger partial charge in [-0.05, 0) is 25.3 Å². The fourth-order valence-corrected chi connectivity index (χ4v) is 1.94. The summed E-state index contributed by atoms with van der Waals surface area (Å²) < 4.78 is 1.69. The van der Waals surface area contributed by atoms with Crippen molar-refractivity contribution in [1.29, 1.82) is 0 Å². The molecule has 1 atom stereocenters. The lowest BCUT2D eigenvalue weighted by molar-refractivity contribution is 0.0779. The normalized spacial score (nSPS) is 12.0. The van der Waals surface area contributed by atoms with Crippen molar-refractivity contribution < 1.29 is 9.59 Å². The van der Waals surface area contributed by atoms with Gasteiger partial charge in [-0.2, -0.15) is 0 Å². The number of ketones is 1. The zero-order chi connectivity index (χ0) is 15.4. The van der Waals surface area contributed by atoms with E-state index in [0.717, 1.165) is 6.42 Å². The highest BCUT2D eigenvalue weighted by Gasteiger charge is 2.18. The fourth-order valence-electron chi connectivity index (χ4n) is 1.94. The van der Waals surface area contributed by atoms with Gasteiger partial charge in [0.2, 0.25) is 0 Å². The van der Waals surface area contributed by atoms with Gasteiger partial charge in [-0.25, -0.2) is 0 Å². The molecule has 2 N–H and O–H groups in total. The Kier molecular flexibility index (Phi) is 7.68. The number of Topliss-reactive ketones (excluding diaryl/α,β-unsaturated/α-hetero) is 1. The fraction of sp³-hybridized carbons (Fsp3) is 0.600. The summed E-state index contributed by atoms with van der Waals surface area (Å²) >= 11 is 0. The maximum absolute atomic E-state index is 12.3. The number of halogens is 1. The average Bonchev–Trinajstić information content (AvgIpc) is 2.76. The van der Waals surface area contributed by atoms with Crippen LogP contribution in [0.25, 0.3) is 0 Å². The standard InChI is InChI=1S/C15H25N3O2.ClH/c1-10(2)13(16)6-7-17(4)15(20)14-8-12(11(3)19)9-18(14)5;/h8-10,13H,6-7,16H2,1-5H3;1H. The number of aryl methyl sites for hydroxylation is 1. The number of nitrogens with two attached hydrogens (primary N) is 1. The first-order valence-corrected chi connectivity index (χ1v) is 6.92. The second-order valence-electron chi connectivity index (χ2n) is 5.70. The van der Waals surface area contributed by atoms with Crippen LogP contribution in [-0.4, -0.2) is 40.8 Å². The molecule has 6 heteroatoms. The molecule has 1 amide bonds. The van der Waals surface area contributed by atoms with Crippen molar-refractivity contribution in [3.8, 4) is 0 Å². The van der Waals surface area contributed by atoms with Crippen molar-refractivity contribution in [3.63, 3.8) is 0 Å². The van der Waals surface area contributed by atoms with Gasteiger partial charge in [0.25, 0.3) is 5.91 Å². The first kappa shape index (κ1) is 19.7. The Hall–Kier alpha value is -1.33. The molecule has 0 aliphatic rings.